The zero-order valence-electron chi connectivity index (χ0n) is 10.0. The third-order valence-electron chi connectivity index (χ3n) is 2.81. The van der Waals surface area contributed by atoms with Crippen LogP contribution in [0.25, 0.3) is 11.3 Å². The van der Waals surface area contributed by atoms with E-state index >= 15 is 0 Å². The molecule has 19 heavy (non-hydrogen) atoms. The Balaban J connectivity index is 2.04. The van der Waals surface area contributed by atoms with Crippen molar-refractivity contribution in [3.63, 3.8) is 0 Å². The van der Waals surface area contributed by atoms with Crippen LogP contribution in [0.15, 0.2) is 60.7 Å². The molecule has 91 valence electrons. The van der Waals surface area contributed by atoms with Crippen LogP contribution in [0.1, 0.15) is 15.2 Å². The first-order valence-electron chi connectivity index (χ1n) is 5.88. The summed E-state index contributed by atoms with van der Waals surface area (Å²) in [6, 6.07) is 19.0. The molecule has 2 aromatic carbocycles. The molecule has 0 spiro atoms. The van der Waals surface area contributed by atoms with Crippen LogP contribution in [-0.4, -0.2) is 10.8 Å². The molecule has 3 heteroatoms. The van der Waals surface area contributed by atoms with Crippen molar-refractivity contribution in [2.75, 3.05) is 0 Å². The summed E-state index contributed by atoms with van der Waals surface area (Å²) in [4.78, 5) is 17.3. The predicted octanol–water partition coefficient (Wildman–Crippen LogP) is 3.84. The van der Waals surface area contributed by atoms with Crippen molar-refractivity contribution in [2.45, 2.75) is 0 Å². The van der Waals surface area contributed by atoms with Crippen molar-refractivity contribution in [1.29, 1.82) is 0 Å². The maximum absolute atomic E-state index is 12.5. The van der Waals surface area contributed by atoms with E-state index in [0.29, 0.717) is 16.1 Å². The smallest absolute Gasteiger partial charge is 0.205 e. The second kappa shape index (κ2) is 5.16. The second-order valence-corrected chi connectivity index (χ2v) is 4.84. The van der Waals surface area contributed by atoms with Gasteiger partial charge in [0.05, 0.1) is 5.69 Å². The lowest BCUT2D eigenvalue weighted by Gasteiger charge is -2.02. The van der Waals surface area contributed by atoms with E-state index in [1.165, 1.54) is 11.3 Å². The lowest BCUT2D eigenvalue weighted by atomic mass is 10.1. The number of carbonyl (C=O) groups is 1. The Hall–Kier alpha value is -2.26. The van der Waals surface area contributed by atoms with Crippen molar-refractivity contribution >= 4 is 17.1 Å². The first-order valence-corrected chi connectivity index (χ1v) is 6.70. The van der Waals surface area contributed by atoms with Crippen LogP contribution < -0.4 is 0 Å². The summed E-state index contributed by atoms with van der Waals surface area (Å²) < 4.78 is 0. The Kier molecular flexibility index (Phi) is 3.21. The van der Waals surface area contributed by atoms with E-state index in [2.05, 4.69) is 10.5 Å². The molecular formula is C16H10NOS. The van der Waals surface area contributed by atoms with Crippen molar-refractivity contribution < 1.29 is 4.79 Å². The summed E-state index contributed by atoms with van der Waals surface area (Å²) in [6.45, 7) is 0. The van der Waals surface area contributed by atoms with Crippen LogP contribution >= 0.6 is 11.3 Å². The molecule has 1 radical (unpaired) electrons. The van der Waals surface area contributed by atoms with Gasteiger partial charge in [-0.15, -0.1) is 11.3 Å². The molecule has 3 rings (SSSR count). The van der Waals surface area contributed by atoms with Gasteiger partial charge >= 0.3 is 0 Å². The molecule has 0 fully saturated rings. The van der Waals surface area contributed by atoms with Crippen LogP contribution in [0.4, 0.5) is 0 Å². The summed E-state index contributed by atoms with van der Waals surface area (Å²) in [5.41, 5.74) is 5.15. The molecule has 0 saturated heterocycles. The highest BCUT2D eigenvalue weighted by molar-refractivity contribution is 7.12. The topological polar surface area (TPSA) is 30.0 Å². The molecule has 1 aromatic heterocycles. The Morgan fingerprint density at radius 1 is 0.947 bits per heavy atom. The Morgan fingerprint density at radius 3 is 2.26 bits per heavy atom. The summed E-state index contributed by atoms with van der Waals surface area (Å²) in [5.74, 6) is -0.00166. The minimum Gasteiger partial charge on any atom is -0.288 e. The number of carbonyl (C=O) groups excluding carboxylic acids is 1. The quantitative estimate of drug-likeness (QED) is 0.673. The Bertz CT molecular complexity index is 689. The van der Waals surface area contributed by atoms with Gasteiger partial charge in [-0.25, -0.2) is 4.98 Å². The van der Waals surface area contributed by atoms with Crippen molar-refractivity contribution in [2.24, 2.45) is 0 Å². The highest BCUT2D eigenvalue weighted by atomic mass is 32.1. The van der Waals surface area contributed by atoms with Gasteiger partial charge in [-0.1, -0.05) is 60.7 Å². The molecule has 0 aliphatic carbocycles. The molecule has 3 aromatic rings. The van der Waals surface area contributed by atoms with Gasteiger partial charge < -0.3 is 0 Å². The molecule has 0 unspecified atom stereocenters. The van der Waals surface area contributed by atoms with Crippen molar-refractivity contribution in [1.82, 2.24) is 4.98 Å². The molecule has 0 aliphatic rings. The molecule has 2 nitrogen and oxygen atoms in total. The van der Waals surface area contributed by atoms with Gasteiger partial charge in [0.15, 0.2) is 5.51 Å². The lowest BCUT2D eigenvalue weighted by Crippen LogP contribution is -2.00. The largest absolute Gasteiger partial charge is 0.288 e. The molecule has 0 N–H and O–H groups in total. The highest BCUT2D eigenvalue weighted by Gasteiger charge is 2.17. The zero-order valence-corrected chi connectivity index (χ0v) is 10.9. The fourth-order valence-corrected chi connectivity index (χ4v) is 2.58. The van der Waals surface area contributed by atoms with Crippen LogP contribution in [0.5, 0.6) is 0 Å². The van der Waals surface area contributed by atoms with Gasteiger partial charge in [-0.2, -0.15) is 0 Å². The third-order valence-corrected chi connectivity index (χ3v) is 3.58. The average molecular weight is 264 g/mol. The minimum absolute atomic E-state index is 0.00166. The number of hydrogen-bond donors (Lipinski definition) is 0. The van der Waals surface area contributed by atoms with Gasteiger partial charge in [0.25, 0.3) is 0 Å². The number of benzene rings is 2. The molecule has 0 bridgehead atoms. The maximum atomic E-state index is 12.5. The van der Waals surface area contributed by atoms with E-state index in [1.54, 1.807) is 0 Å². The Morgan fingerprint density at radius 2 is 1.58 bits per heavy atom. The number of thiazole rings is 1. The van der Waals surface area contributed by atoms with E-state index in [9.17, 15) is 4.79 Å². The van der Waals surface area contributed by atoms with E-state index < -0.39 is 0 Å². The minimum atomic E-state index is -0.00166. The first kappa shape index (κ1) is 11.8. The van der Waals surface area contributed by atoms with Crippen LogP contribution in [0.3, 0.4) is 0 Å². The standard InChI is InChI=1S/C16H10NOS/c18-15(13-9-5-2-6-10-13)16-14(17-11-19-16)12-7-3-1-4-8-12/h1-10H. The number of hydrogen-bond acceptors (Lipinski definition) is 3. The number of nitrogens with zero attached hydrogens (tertiary/aromatic N) is 1. The van der Waals surface area contributed by atoms with Gasteiger partial charge in [0.1, 0.15) is 4.88 Å². The first-order chi connectivity index (χ1) is 9.36. The highest BCUT2D eigenvalue weighted by Crippen LogP contribution is 2.27. The third kappa shape index (κ3) is 2.33. The van der Waals surface area contributed by atoms with Crippen molar-refractivity contribution in [3.05, 3.63) is 76.6 Å². The van der Waals surface area contributed by atoms with Crippen molar-refractivity contribution in [3.8, 4) is 11.3 Å². The molecule has 1 heterocycles. The SMILES string of the molecule is O=C(c1ccccc1)c1s[c]nc1-c1ccccc1. The lowest BCUT2D eigenvalue weighted by molar-refractivity contribution is 0.104. The summed E-state index contributed by atoms with van der Waals surface area (Å²) >= 11 is 1.26. The molecule has 0 amide bonds. The fraction of sp³-hybridized carbons (Fsp3) is 0. The fourth-order valence-electron chi connectivity index (χ4n) is 1.88. The van der Waals surface area contributed by atoms with E-state index in [4.69, 9.17) is 0 Å². The van der Waals surface area contributed by atoms with E-state index in [1.807, 2.05) is 60.7 Å². The summed E-state index contributed by atoms with van der Waals surface area (Å²) in [5, 5.41) is 0. The van der Waals surface area contributed by atoms with Gasteiger partial charge in [0.2, 0.25) is 5.78 Å². The van der Waals surface area contributed by atoms with Gasteiger partial charge in [-0.05, 0) is 0 Å². The second-order valence-electron chi connectivity index (χ2n) is 4.04. The molecular weight excluding hydrogens is 254 g/mol. The predicted molar refractivity (Wildman–Crippen MR) is 76.3 cm³/mol. The van der Waals surface area contributed by atoms with E-state index in [-0.39, 0.29) is 5.78 Å². The maximum Gasteiger partial charge on any atom is 0.205 e. The van der Waals surface area contributed by atoms with Gasteiger partial charge in [0, 0.05) is 11.1 Å². The normalized spacial score (nSPS) is 10.3. The van der Waals surface area contributed by atoms with Crippen LogP contribution in [-0.2, 0) is 0 Å². The average Bonchev–Trinajstić information content (AvgIpc) is 2.98. The number of ketones is 1. The molecule has 0 saturated carbocycles. The molecule has 0 atom stereocenters. The van der Waals surface area contributed by atoms with Gasteiger partial charge in [-0.3, -0.25) is 4.79 Å². The van der Waals surface area contributed by atoms with Crippen LogP contribution in [0, 0.1) is 5.51 Å². The monoisotopic (exact) mass is 264 g/mol. The summed E-state index contributed by atoms with van der Waals surface area (Å²) in [6.07, 6.45) is 0. The molecule has 0 aliphatic heterocycles. The Labute approximate surface area is 115 Å². The summed E-state index contributed by atoms with van der Waals surface area (Å²) in [7, 11) is 0. The number of rotatable bonds is 3. The van der Waals surface area contributed by atoms with E-state index in [0.717, 1.165) is 5.56 Å². The van der Waals surface area contributed by atoms with Crippen LogP contribution in [0.2, 0.25) is 0 Å². The number of aromatic nitrogens is 1. The zero-order chi connectivity index (χ0) is 13.1.